The second-order valence-electron chi connectivity index (χ2n) is 4.47. The maximum atomic E-state index is 12.7. The van der Waals surface area contributed by atoms with E-state index in [2.05, 4.69) is 10.3 Å². The third kappa shape index (κ3) is 3.57. The largest absolute Gasteiger partial charge is 0.433 e. The van der Waals surface area contributed by atoms with Crippen LogP contribution in [0.5, 0.6) is 0 Å². The van der Waals surface area contributed by atoms with Crippen LogP contribution in [0.4, 0.5) is 19.0 Å². The fourth-order valence-corrected chi connectivity index (χ4v) is 2.13. The van der Waals surface area contributed by atoms with Crippen LogP contribution in [-0.4, -0.2) is 29.2 Å². The van der Waals surface area contributed by atoms with Gasteiger partial charge in [0.05, 0.1) is 11.7 Å². The molecule has 1 aliphatic rings. The summed E-state index contributed by atoms with van der Waals surface area (Å²) in [6.07, 6.45) is -2.71. The van der Waals surface area contributed by atoms with Crippen LogP contribution in [0, 0.1) is 0 Å². The van der Waals surface area contributed by atoms with Crippen LogP contribution < -0.4 is 11.1 Å². The Morgan fingerprint density at radius 2 is 2.25 bits per heavy atom. The van der Waals surface area contributed by atoms with Crippen LogP contribution in [0.1, 0.15) is 24.1 Å². The van der Waals surface area contributed by atoms with Gasteiger partial charge in [-0.15, -0.1) is 0 Å². The van der Waals surface area contributed by atoms with Crippen molar-refractivity contribution in [3.63, 3.8) is 0 Å². The van der Waals surface area contributed by atoms with E-state index in [-0.39, 0.29) is 16.9 Å². The van der Waals surface area contributed by atoms with Crippen LogP contribution in [0.25, 0.3) is 0 Å². The summed E-state index contributed by atoms with van der Waals surface area (Å²) in [5.74, 6) is 0.0443. The molecule has 1 saturated heterocycles. The third-order valence-electron chi connectivity index (χ3n) is 2.97. The number of nitrogens with two attached hydrogens (primary N) is 1. The Bertz CT molecular complexity index is 501. The third-order valence-corrected chi connectivity index (χ3v) is 3.19. The van der Waals surface area contributed by atoms with Crippen LogP contribution in [-0.2, 0) is 10.9 Å². The Hall–Kier alpha value is -1.41. The normalized spacial score (nSPS) is 19.1. The van der Waals surface area contributed by atoms with Gasteiger partial charge in [-0.2, -0.15) is 13.2 Å². The van der Waals surface area contributed by atoms with Gasteiger partial charge in [0.2, 0.25) is 0 Å². The number of nitrogens with one attached hydrogen (secondary N) is 1. The number of rotatable bonds is 4. The van der Waals surface area contributed by atoms with E-state index in [1.165, 1.54) is 6.07 Å². The lowest BCUT2D eigenvalue weighted by Crippen LogP contribution is -2.23. The molecule has 0 radical (unpaired) electrons. The monoisotopic (exact) mass is 305 g/mol. The van der Waals surface area contributed by atoms with Crippen molar-refractivity contribution in [3.8, 4) is 0 Å². The molecule has 4 nitrogen and oxygen atoms in total. The highest BCUT2D eigenvalue weighted by molar-refractivity contribution is 7.80. The predicted octanol–water partition coefficient (Wildman–Crippen LogP) is 2.33. The zero-order valence-electron chi connectivity index (χ0n) is 10.5. The molecule has 2 heterocycles. The maximum absolute atomic E-state index is 12.7. The van der Waals surface area contributed by atoms with Crippen molar-refractivity contribution < 1.29 is 17.9 Å². The van der Waals surface area contributed by atoms with Gasteiger partial charge in [0.1, 0.15) is 16.5 Å². The van der Waals surface area contributed by atoms with Crippen molar-refractivity contribution in [2.75, 3.05) is 18.5 Å². The lowest BCUT2D eigenvalue weighted by molar-refractivity contribution is -0.141. The molecule has 0 spiro atoms. The average Bonchev–Trinajstić information content (AvgIpc) is 2.87. The second-order valence-corrected chi connectivity index (χ2v) is 4.91. The number of anilines is 1. The smallest absolute Gasteiger partial charge is 0.389 e. The Kier molecular flexibility index (Phi) is 4.44. The highest BCUT2D eigenvalue weighted by atomic mass is 32.1. The van der Waals surface area contributed by atoms with Crippen LogP contribution in [0.2, 0.25) is 0 Å². The molecule has 1 aliphatic heterocycles. The van der Waals surface area contributed by atoms with Crippen LogP contribution in [0.3, 0.4) is 0 Å². The van der Waals surface area contributed by atoms with E-state index >= 15 is 0 Å². The molecule has 110 valence electrons. The van der Waals surface area contributed by atoms with Crippen molar-refractivity contribution >= 4 is 23.0 Å². The maximum Gasteiger partial charge on any atom is 0.433 e. The van der Waals surface area contributed by atoms with E-state index in [0.717, 1.165) is 18.9 Å². The number of aromatic nitrogens is 1. The van der Waals surface area contributed by atoms with E-state index in [9.17, 15) is 13.2 Å². The van der Waals surface area contributed by atoms with E-state index in [1.807, 2.05) is 0 Å². The summed E-state index contributed by atoms with van der Waals surface area (Å²) in [6, 6.07) is 2.10. The molecule has 0 bridgehead atoms. The molecule has 1 aromatic heterocycles. The molecule has 0 saturated carbocycles. The van der Waals surface area contributed by atoms with Gasteiger partial charge in [0, 0.05) is 13.2 Å². The quantitative estimate of drug-likeness (QED) is 0.836. The number of nitrogens with zero attached hydrogens (tertiary/aromatic N) is 1. The summed E-state index contributed by atoms with van der Waals surface area (Å²) in [6.45, 7) is 1.05. The standard InChI is InChI=1S/C12H14F3N3OS/c13-12(14,15)9-4-3-8(10(16)20)11(18-9)17-6-7-2-1-5-19-7/h3-4,7H,1-2,5-6H2,(H2,16,20)(H,17,18). The molecule has 1 atom stereocenters. The molecule has 1 fully saturated rings. The lowest BCUT2D eigenvalue weighted by atomic mass is 10.2. The zero-order chi connectivity index (χ0) is 14.8. The average molecular weight is 305 g/mol. The van der Waals surface area contributed by atoms with Gasteiger partial charge in [-0.1, -0.05) is 12.2 Å². The van der Waals surface area contributed by atoms with Gasteiger partial charge in [-0.25, -0.2) is 4.98 Å². The minimum Gasteiger partial charge on any atom is -0.389 e. The molecule has 3 N–H and O–H groups in total. The molecule has 0 aliphatic carbocycles. The van der Waals surface area contributed by atoms with E-state index in [0.29, 0.717) is 18.7 Å². The Morgan fingerprint density at radius 3 is 2.80 bits per heavy atom. The number of ether oxygens (including phenoxy) is 1. The Balaban J connectivity index is 2.20. The molecule has 1 unspecified atom stereocenters. The first-order chi connectivity index (χ1) is 9.38. The van der Waals surface area contributed by atoms with Gasteiger partial charge in [-0.05, 0) is 25.0 Å². The fourth-order valence-electron chi connectivity index (χ4n) is 1.97. The SMILES string of the molecule is NC(=S)c1ccc(C(F)(F)F)nc1NCC1CCCO1. The van der Waals surface area contributed by atoms with Crippen molar-refractivity contribution in [3.05, 3.63) is 23.4 Å². The number of alkyl halides is 3. The molecule has 1 aromatic rings. The minimum absolute atomic E-state index is 0.000986. The first-order valence-corrected chi connectivity index (χ1v) is 6.52. The number of thiocarbonyl (C=S) groups is 1. The zero-order valence-corrected chi connectivity index (χ0v) is 11.4. The van der Waals surface area contributed by atoms with Gasteiger partial charge in [-0.3, -0.25) is 0 Å². The van der Waals surface area contributed by atoms with Gasteiger partial charge in [0.25, 0.3) is 0 Å². The number of hydrogen-bond acceptors (Lipinski definition) is 4. The molecule has 8 heteroatoms. The van der Waals surface area contributed by atoms with Crippen molar-refractivity contribution in [2.45, 2.75) is 25.1 Å². The molecule has 0 amide bonds. The Morgan fingerprint density at radius 1 is 1.50 bits per heavy atom. The number of halogens is 3. The van der Waals surface area contributed by atoms with E-state index in [1.54, 1.807) is 0 Å². The summed E-state index contributed by atoms with van der Waals surface area (Å²) < 4.78 is 43.4. The molecule has 0 aromatic carbocycles. The fraction of sp³-hybridized carbons (Fsp3) is 0.500. The van der Waals surface area contributed by atoms with Gasteiger partial charge >= 0.3 is 6.18 Å². The molecular weight excluding hydrogens is 291 g/mol. The van der Waals surface area contributed by atoms with E-state index in [4.69, 9.17) is 22.7 Å². The van der Waals surface area contributed by atoms with Crippen LogP contribution >= 0.6 is 12.2 Å². The van der Waals surface area contributed by atoms with Crippen molar-refractivity contribution in [2.24, 2.45) is 5.73 Å². The lowest BCUT2D eigenvalue weighted by Gasteiger charge is -2.15. The van der Waals surface area contributed by atoms with Crippen molar-refractivity contribution in [1.82, 2.24) is 4.98 Å². The summed E-state index contributed by atoms with van der Waals surface area (Å²) in [7, 11) is 0. The molecule has 20 heavy (non-hydrogen) atoms. The minimum atomic E-state index is -4.50. The van der Waals surface area contributed by atoms with Gasteiger partial charge in [0.15, 0.2) is 0 Å². The number of hydrogen-bond donors (Lipinski definition) is 2. The van der Waals surface area contributed by atoms with E-state index < -0.39 is 11.9 Å². The van der Waals surface area contributed by atoms with Gasteiger partial charge < -0.3 is 15.8 Å². The Labute approximate surface area is 119 Å². The first kappa shape index (κ1) is 15.0. The molecular formula is C12H14F3N3OS. The topological polar surface area (TPSA) is 60.2 Å². The summed E-state index contributed by atoms with van der Waals surface area (Å²) >= 11 is 4.82. The second kappa shape index (κ2) is 5.92. The molecule has 2 rings (SSSR count). The number of pyridine rings is 1. The summed E-state index contributed by atoms with van der Waals surface area (Å²) in [4.78, 5) is 3.57. The highest BCUT2D eigenvalue weighted by Crippen LogP contribution is 2.29. The summed E-state index contributed by atoms with van der Waals surface area (Å²) in [5.41, 5.74) is 4.81. The summed E-state index contributed by atoms with van der Waals surface area (Å²) in [5, 5.41) is 2.85. The highest BCUT2D eigenvalue weighted by Gasteiger charge is 2.33. The predicted molar refractivity (Wildman–Crippen MR) is 72.6 cm³/mol. The first-order valence-electron chi connectivity index (χ1n) is 6.11. The van der Waals surface area contributed by atoms with Crippen molar-refractivity contribution in [1.29, 1.82) is 0 Å². The van der Waals surface area contributed by atoms with Crippen LogP contribution in [0.15, 0.2) is 12.1 Å².